The number of hydrogen-bond donors (Lipinski definition) is 1. The van der Waals surface area contributed by atoms with Gasteiger partial charge in [0.25, 0.3) is 5.91 Å². The Morgan fingerprint density at radius 1 is 1.33 bits per heavy atom. The normalized spacial score (nSPS) is 13.9. The van der Waals surface area contributed by atoms with Crippen molar-refractivity contribution in [3.05, 3.63) is 48.4 Å². The number of hydrogen-bond acceptors (Lipinski definition) is 4. The van der Waals surface area contributed by atoms with Crippen LogP contribution in [0.1, 0.15) is 18.6 Å². The predicted octanol–water partition coefficient (Wildman–Crippen LogP) is 2.43. The number of carbonyl (C=O) groups excluding carboxylic acids is 1. The molecule has 0 radical (unpaired) electrons. The van der Waals surface area contributed by atoms with E-state index < -0.39 is 0 Å². The molecule has 0 bridgehead atoms. The molecular formula is C16H18N2O3. The van der Waals surface area contributed by atoms with Gasteiger partial charge < -0.3 is 19.8 Å². The van der Waals surface area contributed by atoms with E-state index in [9.17, 15) is 4.79 Å². The molecular weight excluding hydrogens is 268 g/mol. The summed E-state index contributed by atoms with van der Waals surface area (Å²) in [5.41, 5.74) is 6.31. The topological polar surface area (TPSA) is 68.7 Å². The molecule has 1 amide bonds. The maximum Gasteiger partial charge on any atom is 0.261 e. The first-order chi connectivity index (χ1) is 10.2. The lowest BCUT2D eigenvalue weighted by atomic mass is 10.3. The molecule has 2 aromatic rings. The van der Waals surface area contributed by atoms with E-state index in [2.05, 4.69) is 0 Å². The molecule has 0 aliphatic heterocycles. The van der Waals surface area contributed by atoms with Crippen LogP contribution in [0, 0.1) is 0 Å². The molecule has 1 saturated carbocycles. The van der Waals surface area contributed by atoms with Crippen molar-refractivity contribution in [2.45, 2.75) is 25.4 Å². The van der Waals surface area contributed by atoms with E-state index in [0.717, 1.165) is 18.6 Å². The molecule has 1 aromatic carbocycles. The average Bonchev–Trinajstić information content (AvgIpc) is 3.19. The summed E-state index contributed by atoms with van der Waals surface area (Å²) in [4.78, 5) is 14.2. The molecule has 1 fully saturated rings. The second-order valence-corrected chi connectivity index (χ2v) is 5.19. The highest BCUT2D eigenvalue weighted by Crippen LogP contribution is 2.28. The third-order valence-electron chi connectivity index (χ3n) is 3.43. The smallest absolute Gasteiger partial charge is 0.261 e. The van der Waals surface area contributed by atoms with Crippen LogP contribution >= 0.6 is 0 Å². The Labute approximate surface area is 123 Å². The molecule has 110 valence electrons. The van der Waals surface area contributed by atoms with Gasteiger partial charge in [0.15, 0.2) is 6.61 Å². The second-order valence-electron chi connectivity index (χ2n) is 5.19. The fourth-order valence-corrected chi connectivity index (χ4v) is 2.21. The maximum absolute atomic E-state index is 12.3. The lowest BCUT2D eigenvalue weighted by Gasteiger charge is -2.21. The monoisotopic (exact) mass is 286 g/mol. The number of nitrogens with two attached hydrogens (primary N) is 1. The van der Waals surface area contributed by atoms with Gasteiger partial charge >= 0.3 is 0 Å². The maximum atomic E-state index is 12.3. The van der Waals surface area contributed by atoms with Gasteiger partial charge in [-0.25, -0.2) is 0 Å². The number of carbonyl (C=O) groups is 1. The molecule has 1 aliphatic rings. The molecule has 0 saturated heterocycles. The number of rotatable bonds is 6. The molecule has 1 heterocycles. The van der Waals surface area contributed by atoms with Gasteiger partial charge in [-0.05, 0) is 37.1 Å². The van der Waals surface area contributed by atoms with Crippen LogP contribution in [0.5, 0.6) is 5.75 Å². The lowest BCUT2D eigenvalue weighted by Crippen LogP contribution is -2.36. The predicted molar refractivity (Wildman–Crippen MR) is 78.6 cm³/mol. The van der Waals surface area contributed by atoms with Crippen LogP contribution < -0.4 is 10.5 Å². The minimum Gasteiger partial charge on any atom is -0.484 e. The van der Waals surface area contributed by atoms with E-state index >= 15 is 0 Å². The van der Waals surface area contributed by atoms with Crippen molar-refractivity contribution in [2.75, 3.05) is 12.3 Å². The molecule has 3 rings (SSSR count). The Balaban J connectivity index is 1.59. The van der Waals surface area contributed by atoms with Gasteiger partial charge in [-0.2, -0.15) is 0 Å². The Hall–Kier alpha value is -2.43. The van der Waals surface area contributed by atoms with Crippen molar-refractivity contribution in [3.63, 3.8) is 0 Å². The van der Waals surface area contributed by atoms with E-state index in [1.54, 1.807) is 30.5 Å². The summed E-state index contributed by atoms with van der Waals surface area (Å²) in [5.74, 6) is 1.37. The van der Waals surface area contributed by atoms with Crippen molar-refractivity contribution < 1.29 is 13.9 Å². The summed E-state index contributed by atoms with van der Waals surface area (Å²) in [5, 5.41) is 0. The highest BCUT2D eigenvalue weighted by atomic mass is 16.5. The van der Waals surface area contributed by atoms with Crippen molar-refractivity contribution in [1.82, 2.24) is 4.90 Å². The van der Waals surface area contributed by atoms with E-state index in [1.807, 2.05) is 17.0 Å². The van der Waals surface area contributed by atoms with Crippen LogP contribution in [0.2, 0.25) is 0 Å². The highest BCUT2D eigenvalue weighted by Gasteiger charge is 2.33. The van der Waals surface area contributed by atoms with Crippen molar-refractivity contribution in [3.8, 4) is 5.75 Å². The second kappa shape index (κ2) is 5.91. The van der Waals surface area contributed by atoms with Crippen molar-refractivity contribution in [2.24, 2.45) is 0 Å². The van der Waals surface area contributed by atoms with Crippen LogP contribution in [0.15, 0.2) is 47.1 Å². The highest BCUT2D eigenvalue weighted by molar-refractivity contribution is 5.78. The minimum atomic E-state index is -0.0312. The molecule has 2 N–H and O–H groups in total. The number of furan rings is 1. The summed E-state index contributed by atoms with van der Waals surface area (Å²) in [6, 6.07) is 11.1. The number of benzene rings is 1. The van der Waals surface area contributed by atoms with Crippen molar-refractivity contribution >= 4 is 11.6 Å². The van der Waals surface area contributed by atoms with Gasteiger partial charge in [0.2, 0.25) is 0 Å². The SMILES string of the molecule is Nc1cccc(OCC(=O)N(Cc2ccco2)C2CC2)c1. The van der Waals surface area contributed by atoms with Gasteiger partial charge in [-0.15, -0.1) is 0 Å². The summed E-state index contributed by atoms with van der Waals surface area (Å²) in [6.07, 6.45) is 3.71. The van der Waals surface area contributed by atoms with E-state index in [4.69, 9.17) is 14.9 Å². The van der Waals surface area contributed by atoms with Crippen LogP contribution in [-0.4, -0.2) is 23.5 Å². The summed E-state index contributed by atoms with van der Waals surface area (Å²) < 4.78 is 10.8. The number of anilines is 1. The fourth-order valence-electron chi connectivity index (χ4n) is 2.21. The molecule has 0 unspecified atom stereocenters. The molecule has 5 heteroatoms. The fraction of sp³-hybridized carbons (Fsp3) is 0.312. The first-order valence-corrected chi connectivity index (χ1v) is 7.02. The zero-order valence-corrected chi connectivity index (χ0v) is 11.7. The molecule has 0 spiro atoms. The average molecular weight is 286 g/mol. The van der Waals surface area contributed by atoms with Gasteiger partial charge in [0, 0.05) is 17.8 Å². The van der Waals surface area contributed by atoms with E-state index in [1.165, 1.54) is 0 Å². The zero-order chi connectivity index (χ0) is 14.7. The first kappa shape index (κ1) is 13.5. The Morgan fingerprint density at radius 3 is 2.86 bits per heavy atom. The standard InChI is InChI=1S/C16H18N2O3/c17-12-3-1-4-14(9-12)21-11-16(19)18(13-6-7-13)10-15-5-2-8-20-15/h1-5,8-9,13H,6-7,10-11,17H2. The molecule has 21 heavy (non-hydrogen) atoms. The number of nitrogen functional groups attached to an aromatic ring is 1. The van der Waals surface area contributed by atoms with Crippen LogP contribution in [0.3, 0.4) is 0 Å². The molecule has 0 atom stereocenters. The summed E-state index contributed by atoms with van der Waals surface area (Å²) in [6.45, 7) is 0.511. The van der Waals surface area contributed by atoms with Crippen molar-refractivity contribution in [1.29, 1.82) is 0 Å². The Morgan fingerprint density at radius 2 is 2.19 bits per heavy atom. The zero-order valence-electron chi connectivity index (χ0n) is 11.7. The molecule has 1 aliphatic carbocycles. The minimum absolute atomic E-state index is 0.0145. The van der Waals surface area contributed by atoms with Gasteiger partial charge in [-0.1, -0.05) is 6.07 Å². The quantitative estimate of drug-likeness (QED) is 0.828. The summed E-state index contributed by atoms with van der Waals surface area (Å²) in [7, 11) is 0. The first-order valence-electron chi connectivity index (χ1n) is 7.02. The number of ether oxygens (including phenoxy) is 1. The third-order valence-corrected chi connectivity index (χ3v) is 3.43. The third kappa shape index (κ3) is 3.56. The lowest BCUT2D eigenvalue weighted by molar-refractivity contribution is -0.134. The molecule has 1 aromatic heterocycles. The number of amides is 1. The van der Waals surface area contributed by atoms with Crippen LogP contribution in [0.4, 0.5) is 5.69 Å². The van der Waals surface area contributed by atoms with Gasteiger partial charge in [0.1, 0.15) is 11.5 Å². The van der Waals surface area contributed by atoms with Gasteiger partial charge in [0.05, 0.1) is 12.8 Å². The largest absolute Gasteiger partial charge is 0.484 e. The van der Waals surface area contributed by atoms with E-state index in [0.29, 0.717) is 24.0 Å². The van der Waals surface area contributed by atoms with Crippen LogP contribution in [0.25, 0.3) is 0 Å². The number of nitrogens with zero attached hydrogens (tertiary/aromatic N) is 1. The van der Waals surface area contributed by atoms with Gasteiger partial charge in [-0.3, -0.25) is 4.79 Å². The van der Waals surface area contributed by atoms with Crippen LogP contribution in [-0.2, 0) is 11.3 Å². The Kier molecular flexibility index (Phi) is 3.81. The Bertz CT molecular complexity index is 606. The van der Waals surface area contributed by atoms with E-state index in [-0.39, 0.29) is 12.5 Å². The molecule has 5 nitrogen and oxygen atoms in total. The summed E-state index contributed by atoms with van der Waals surface area (Å²) >= 11 is 0.